The van der Waals surface area contributed by atoms with Crippen LogP contribution in [-0.2, 0) is 11.2 Å². The molecule has 6 nitrogen and oxygen atoms in total. The Bertz CT molecular complexity index is 449. The van der Waals surface area contributed by atoms with Gasteiger partial charge in [-0.25, -0.2) is 4.98 Å². The van der Waals surface area contributed by atoms with E-state index < -0.39 is 0 Å². The van der Waals surface area contributed by atoms with Gasteiger partial charge >= 0.3 is 0 Å². The maximum absolute atomic E-state index is 12.2. The predicted octanol–water partition coefficient (Wildman–Crippen LogP) is 0.683. The van der Waals surface area contributed by atoms with Gasteiger partial charge in [-0.15, -0.1) is 0 Å². The number of amides is 1. The molecule has 0 spiro atoms. The van der Waals surface area contributed by atoms with Crippen molar-refractivity contribution in [2.75, 3.05) is 20.2 Å². The molecule has 1 aromatic rings. The lowest BCUT2D eigenvalue weighted by Gasteiger charge is -2.31. The molecule has 19 heavy (non-hydrogen) atoms. The van der Waals surface area contributed by atoms with Gasteiger partial charge < -0.3 is 20.4 Å². The number of rotatable bonds is 4. The van der Waals surface area contributed by atoms with E-state index in [-0.39, 0.29) is 18.1 Å². The number of ether oxygens (including phenoxy) is 1. The number of halogens is 1. The van der Waals surface area contributed by atoms with Gasteiger partial charge in [-0.3, -0.25) is 4.79 Å². The highest BCUT2D eigenvalue weighted by molar-refractivity contribution is 14.1. The molecule has 1 aromatic heterocycles. The molecule has 0 bridgehead atoms. The van der Waals surface area contributed by atoms with Crippen LogP contribution in [0.2, 0.25) is 0 Å². The van der Waals surface area contributed by atoms with Gasteiger partial charge in [-0.2, -0.15) is 0 Å². The summed E-state index contributed by atoms with van der Waals surface area (Å²) >= 11 is 2.14. The number of carbonyl (C=O) groups excluding carboxylic acids is 1. The predicted molar refractivity (Wildman–Crippen MR) is 80.2 cm³/mol. The molecule has 1 aliphatic rings. The minimum absolute atomic E-state index is 0.0115. The van der Waals surface area contributed by atoms with Crippen LogP contribution in [0.5, 0.6) is 0 Å². The number of methoxy groups -OCH3 is 1. The third-order valence-electron chi connectivity index (χ3n) is 3.34. The van der Waals surface area contributed by atoms with E-state index in [1.807, 2.05) is 6.92 Å². The highest BCUT2D eigenvalue weighted by Gasteiger charge is 2.27. The van der Waals surface area contributed by atoms with Crippen molar-refractivity contribution < 1.29 is 9.53 Å². The number of nitrogens with one attached hydrogen (secondary N) is 3. The summed E-state index contributed by atoms with van der Waals surface area (Å²) < 4.78 is 6.24. The summed E-state index contributed by atoms with van der Waals surface area (Å²) in [5.74, 6) is 0.223. The van der Waals surface area contributed by atoms with Gasteiger partial charge in [0.2, 0.25) is 0 Å². The fourth-order valence-electron chi connectivity index (χ4n) is 2.21. The molecule has 0 aliphatic carbocycles. The molecule has 1 amide bonds. The molecule has 3 N–H and O–H groups in total. The second-order valence-electron chi connectivity index (χ2n) is 4.56. The Hall–Kier alpha value is -0.670. The van der Waals surface area contributed by atoms with Crippen molar-refractivity contribution in [2.24, 2.45) is 0 Å². The molecular formula is C12H19IN4O2. The van der Waals surface area contributed by atoms with Crippen LogP contribution in [-0.4, -0.2) is 48.2 Å². The first kappa shape index (κ1) is 14.7. The third kappa shape index (κ3) is 3.46. The average Bonchev–Trinajstić information content (AvgIpc) is 2.80. The maximum Gasteiger partial charge on any atom is 0.287 e. The minimum atomic E-state index is -0.161. The number of H-pyrrole nitrogens is 1. The summed E-state index contributed by atoms with van der Waals surface area (Å²) in [7, 11) is 1.67. The lowest BCUT2D eigenvalue weighted by atomic mass is 10.0. The molecule has 2 rings (SSSR count). The highest BCUT2D eigenvalue weighted by atomic mass is 127. The van der Waals surface area contributed by atoms with E-state index in [0.717, 1.165) is 35.3 Å². The normalized spacial score (nSPS) is 23.3. The molecule has 2 unspecified atom stereocenters. The number of nitrogens with zero attached hydrogens (tertiary/aromatic N) is 1. The first-order valence-electron chi connectivity index (χ1n) is 6.44. The summed E-state index contributed by atoms with van der Waals surface area (Å²) in [4.78, 5) is 19.5. The van der Waals surface area contributed by atoms with Crippen LogP contribution in [0.25, 0.3) is 0 Å². The number of imidazole rings is 1. The van der Waals surface area contributed by atoms with Gasteiger partial charge in [0, 0.05) is 19.3 Å². The number of piperidine rings is 1. The van der Waals surface area contributed by atoms with Crippen LogP contribution in [0.4, 0.5) is 0 Å². The number of aryl methyl sites for hydroxylation is 1. The quantitative estimate of drug-likeness (QED) is 0.674. The highest BCUT2D eigenvalue weighted by Crippen LogP contribution is 2.11. The first-order valence-corrected chi connectivity index (χ1v) is 7.52. The summed E-state index contributed by atoms with van der Waals surface area (Å²) in [6, 6.07) is 0.0339. The molecule has 106 valence electrons. The zero-order valence-corrected chi connectivity index (χ0v) is 13.3. The Morgan fingerprint density at radius 3 is 3.05 bits per heavy atom. The van der Waals surface area contributed by atoms with Gasteiger partial charge in [0.1, 0.15) is 3.70 Å². The van der Waals surface area contributed by atoms with E-state index in [2.05, 4.69) is 43.2 Å². The number of hydrogen-bond donors (Lipinski definition) is 3. The Morgan fingerprint density at radius 1 is 1.63 bits per heavy atom. The van der Waals surface area contributed by atoms with Crippen LogP contribution in [0.3, 0.4) is 0 Å². The van der Waals surface area contributed by atoms with Crippen LogP contribution in [0.1, 0.15) is 29.7 Å². The van der Waals surface area contributed by atoms with Gasteiger partial charge in [-0.1, -0.05) is 6.92 Å². The second kappa shape index (κ2) is 6.67. The monoisotopic (exact) mass is 378 g/mol. The van der Waals surface area contributed by atoms with Crippen molar-refractivity contribution in [1.29, 1.82) is 0 Å². The molecule has 0 saturated carbocycles. The van der Waals surface area contributed by atoms with Crippen molar-refractivity contribution in [1.82, 2.24) is 20.6 Å². The number of carbonyl (C=O) groups is 1. The van der Waals surface area contributed by atoms with Crippen molar-refractivity contribution in [3.05, 3.63) is 15.2 Å². The fourth-order valence-corrected chi connectivity index (χ4v) is 2.97. The van der Waals surface area contributed by atoms with Crippen molar-refractivity contribution >= 4 is 28.5 Å². The summed E-state index contributed by atoms with van der Waals surface area (Å²) in [6.07, 6.45) is 1.72. The first-order chi connectivity index (χ1) is 9.15. The Kier molecular flexibility index (Phi) is 5.17. The van der Waals surface area contributed by atoms with Gasteiger partial charge in [-0.05, 0) is 42.0 Å². The molecule has 2 heterocycles. The minimum Gasteiger partial charge on any atom is -0.378 e. The van der Waals surface area contributed by atoms with Crippen LogP contribution in [0.15, 0.2) is 0 Å². The van der Waals surface area contributed by atoms with E-state index in [9.17, 15) is 4.79 Å². The number of aromatic amines is 1. The zero-order valence-electron chi connectivity index (χ0n) is 11.1. The van der Waals surface area contributed by atoms with E-state index in [4.69, 9.17) is 4.74 Å². The lowest BCUT2D eigenvalue weighted by molar-refractivity contribution is 0.0473. The van der Waals surface area contributed by atoms with E-state index >= 15 is 0 Å². The summed E-state index contributed by atoms with van der Waals surface area (Å²) in [5.41, 5.74) is 0.999. The molecule has 7 heteroatoms. The molecule has 0 aromatic carbocycles. The number of hydrogen-bond acceptors (Lipinski definition) is 4. The average molecular weight is 378 g/mol. The Labute approximate surface area is 126 Å². The maximum atomic E-state index is 12.2. The number of aromatic nitrogens is 2. The van der Waals surface area contributed by atoms with Crippen LogP contribution < -0.4 is 10.6 Å². The smallest absolute Gasteiger partial charge is 0.287 e. The van der Waals surface area contributed by atoms with Crippen molar-refractivity contribution in [3.63, 3.8) is 0 Å². The molecule has 1 fully saturated rings. The van der Waals surface area contributed by atoms with E-state index in [1.165, 1.54) is 0 Å². The topological polar surface area (TPSA) is 79.0 Å². The van der Waals surface area contributed by atoms with Crippen LogP contribution >= 0.6 is 22.6 Å². The Balaban J connectivity index is 2.03. The van der Waals surface area contributed by atoms with Gasteiger partial charge in [0.05, 0.1) is 12.1 Å². The molecule has 0 radical (unpaired) electrons. The fraction of sp³-hybridized carbons (Fsp3) is 0.667. The Morgan fingerprint density at radius 2 is 2.42 bits per heavy atom. The molecule has 1 saturated heterocycles. The largest absolute Gasteiger partial charge is 0.378 e. The van der Waals surface area contributed by atoms with Gasteiger partial charge in [0.25, 0.3) is 5.91 Å². The van der Waals surface area contributed by atoms with Crippen molar-refractivity contribution in [2.45, 2.75) is 31.9 Å². The second-order valence-corrected chi connectivity index (χ2v) is 5.58. The van der Waals surface area contributed by atoms with E-state index in [1.54, 1.807) is 7.11 Å². The third-order valence-corrected chi connectivity index (χ3v) is 4.23. The van der Waals surface area contributed by atoms with E-state index in [0.29, 0.717) is 5.82 Å². The summed E-state index contributed by atoms with van der Waals surface area (Å²) in [6.45, 7) is 3.68. The van der Waals surface area contributed by atoms with Crippen molar-refractivity contribution in [3.8, 4) is 0 Å². The molecule has 2 atom stereocenters. The lowest BCUT2D eigenvalue weighted by Crippen LogP contribution is -2.53. The standard InChI is InChI=1S/C12H19IN4O2/c1-3-7-10(13)17-11(15-7)12(18)16-8-4-5-14-6-9(8)19-2/h8-9,14H,3-6H2,1-2H3,(H,15,17)(H,16,18). The van der Waals surface area contributed by atoms with Crippen LogP contribution in [0, 0.1) is 3.70 Å². The zero-order chi connectivity index (χ0) is 13.8. The summed E-state index contributed by atoms with van der Waals surface area (Å²) in [5, 5.41) is 6.25. The SMILES string of the molecule is CCc1[nH]c(C(=O)NC2CCNCC2OC)nc1I. The van der Waals surface area contributed by atoms with Gasteiger partial charge in [0.15, 0.2) is 5.82 Å². The molecular weight excluding hydrogens is 359 g/mol. The molecule has 1 aliphatic heterocycles.